The van der Waals surface area contributed by atoms with E-state index in [4.69, 9.17) is 11.6 Å². The van der Waals surface area contributed by atoms with Crippen LogP contribution < -0.4 is 16.2 Å². The van der Waals surface area contributed by atoms with E-state index in [1.807, 2.05) is 31.2 Å². The van der Waals surface area contributed by atoms with Gasteiger partial charge in [-0.2, -0.15) is 0 Å². The van der Waals surface area contributed by atoms with E-state index in [9.17, 15) is 14.7 Å². The Hall–Kier alpha value is -3.32. The fourth-order valence-corrected chi connectivity index (χ4v) is 2.88. The van der Waals surface area contributed by atoms with Crippen molar-refractivity contribution in [2.45, 2.75) is 19.8 Å². The predicted octanol–water partition coefficient (Wildman–Crippen LogP) is 3.59. The molecule has 1 aliphatic heterocycles. The highest BCUT2D eigenvalue weighted by atomic mass is 35.5. The lowest BCUT2D eigenvalue weighted by Gasteiger charge is -2.10. The molecule has 3 rings (SSSR count). The number of nitrogens with one attached hydrogen (secondary N) is 3. The number of halogens is 1. The molecule has 29 heavy (non-hydrogen) atoms. The van der Waals surface area contributed by atoms with Crippen LogP contribution in [0.4, 0.5) is 11.4 Å². The maximum atomic E-state index is 12.2. The van der Waals surface area contributed by atoms with Crippen LogP contribution in [0.2, 0.25) is 5.02 Å². The number of benzene rings is 2. The van der Waals surface area contributed by atoms with Crippen LogP contribution in [0.15, 0.2) is 64.9 Å². The summed E-state index contributed by atoms with van der Waals surface area (Å²) >= 11 is 5.83. The second kappa shape index (κ2) is 9.25. The molecular formula is C21H21ClN4O3. The number of amides is 2. The molecule has 8 heteroatoms. The standard InChI is InChI=1S/C21H21ClN4O3/c1-13-2-6-15(7-3-13)24-17(20-18(27)12-23-21(20)29)10-11-19(28)26-25-16-8-4-14(22)5-9-16/h2-9,25,27H,10-12H2,1H3,(H,23,29)(H,26,28). The number of carbonyl (C=O) groups excluding carboxylic acids is 2. The van der Waals surface area contributed by atoms with E-state index in [1.165, 1.54) is 0 Å². The lowest BCUT2D eigenvalue weighted by molar-refractivity contribution is -0.120. The summed E-state index contributed by atoms with van der Waals surface area (Å²) in [7, 11) is 0. The molecule has 0 saturated heterocycles. The number of aliphatic hydroxyl groups excluding tert-OH is 1. The van der Waals surface area contributed by atoms with Crippen molar-refractivity contribution in [1.82, 2.24) is 10.7 Å². The summed E-state index contributed by atoms with van der Waals surface area (Å²) < 4.78 is 0. The maximum Gasteiger partial charge on any atom is 0.257 e. The van der Waals surface area contributed by atoms with Crippen molar-refractivity contribution in [2.24, 2.45) is 4.99 Å². The van der Waals surface area contributed by atoms with E-state index in [0.717, 1.165) is 5.56 Å². The Labute approximate surface area is 173 Å². The quantitative estimate of drug-likeness (QED) is 0.412. The van der Waals surface area contributed by atoms with Crippen LogP contribution >= 0.6 is 11.6 Å². The number of hydrogen-bond acceptors (Lipinski definition) is 5. The zero-order valence-electron chi connectivity index (χ0n) is 15.8. The van der Waals surface area contributed by atoms with Crippen LogP contribution in [-0.2, 0) is 9.59 Å². The van der Waals surface area contributed by atoms with Crippen LogP contribution in [-0.4, -0.2) is 29.2 Å². The van der Waals surface area contributed by atoms with Crippen LogP contribution in [0.3, 0.4) is 0 Å². The molecule has 1 heterocycles. The first kappa shape index (κ1) is 20.4. The average molecular weight is 413 g/mol. The lowest BCUT2D eigenvalue weighted by atomic mass is 10.0. The van der Waals surface area contributed by atoms with Crippen LogP contribution in [0.5, 0.6) is 0 Å². The predicted molar refractivity (Wildman–Crippen MR) is 113 cm³/mol. The van der Waals surface area contributed by atoms with Gasteiger partial charge in [-0.3, -0.25) is 25.4 Å². The highest BCUT2D eigenvalue weighted by molar-refractivity contribution is 6.30. The normalized spacial score (nSPS) is 14.0. The van der Waals surface area contributed by atoms with E-state index >= 15 is 0 Å². The zero-order chi connectivity index (χ0) is 20.8. The molecule has 2 aromatic rings. The fourth-order valence-electron chi connectivity index (χ4n) is 2.75. The van der Waals surface area contributed by atoms with E-state index < -0.39 is 5.91 Å². The molecule has 4 N–H and O–H groups in total. The summed E-state index contributed by atoms with van der Waals surface area (Å²) in [5.41, 5.74) is 8.30. The second-order valence-electron chi connectivity index (χ2n) is 6.58. The molecule has 0 radical (unpaired) electrons. The summed E-state index contributed by atoms with van der Waals surface area (Å²) in [6, 6.07) is 14.3. The summed E-state index contributed by atoms with van der Waals surface area (Å²) in [5, 5.41) is 13.2. The van der Waals surface area contributed by atoms with E-state index in [-0.39, 0.29) is 36.6 Å². The number of rotatable bonds is 7. The second-order valence-corrected chi connectivity index (χ2v) is 7.01. The van der Waals surface area contributed by atoms with Gasteiger partial charge < -0.3 is 10.4 Å². The van der Waals surface area contributed by atoms with Crippen molar-refractivity contribution >= 4 is 40.5 Å². The first-order valence-corrected chi connectivity index (χ1v) is 9.45. The topological polar surface area (TPSA) is 103 Å². The van der Waals surface area contributed by atoms with Gasteiger partial charge in [-0.25, -0.2) is 0 Å². The van der Waals surface area contributed by atoms with E-state index in [0.29, 0.717) is 22.1 Å². The molecular weight excluding hydrogens is 392 g/mol. The molecule has 0 unspecified atom stereocenters. The number of hydrogen-bond donors (Lipinski definition) is 4. The fraction of sp³-hybridized carbons (Fsp3) is 0.190. The summed E-state index contributed by atoms with van der Waals surface area (Å²) in [4.78, 5) is 28.9. The largest absolute Gasteiger partial charge is 0.510 e. The van der Waals surface area contributed by atoms with Gasteiger partial charge in [0.05, 0.1) is 23.6 Å². The molecule has 0 aromatic heterocycles. The molecule has 0 aliphatic carbocycles. The average Bonchev–Trinajstić information content (AvgIpc) is 3.04. The van der Waals surface area contributed by atoms with Crippen LogP contribution in [0, 0.1) is 6.92 Å². The molecule has 0 spiro atoms. The molecule has 7 nitrogen and oxygen atoms in total. The lowest BCUT2D eigenvalue weighted by Crippen LogP contribution is -2.30. The Bertz CT molecular complexity index is 966. The third kappa shape index (κ3) is 5.58. The molecule has 2 amide bonds. The number of aliphatic imine (C=N–C) groups is 1. The number of aryl methyl sites for hydroxylation is 1. The minimum absolute atomic E-state index is 0.0609. The van der Waals surface area contributed by atoms with E-state index in [1.54, 1.807) is 24.3 Å². The van der Waals surface area contributed by atoms with Gasteiger partial charge in [0.1, 0.15) is 11.3 Å². The van der Waals surface area contributed by atoms with Gasteiger partial charge >= 0.3 is 0 Å². The Kier molecular flexibility index (Phi) is 6.51. The number of hydrazine groups is 1. The third-order valence-corrected chi connectivity index (χ3v) is 4.55. The monoisotopic (exact) mass is 412 g/mol. The summed E-state index contributed by atoms with van der Waals surface area (Å²) in [6.07, 6.45) is 0.268. The summed E-state index contributed by atoms with van der Waals surface area (Å²) in [5.74, 6) is -0.747. The van der Waals surface area contributed by atoms with Gasteiger partial charge in [-0.1, -0.05) is 29.3 Å². The first-order chi connectivity index (χ1) is 13.9. The van der Waals surface area contributed by atoms with Gasteiger partial charge in [0.2, 0.25) is 5.91 Å². The van der Waals surface area contributed by atoms with Gasteiger partial charge in [0.25, 0.3) is 5.91 Å². The maximum absolute atomic E-state index is 12.2. The smallest absolute Gasteiger partial charge is 0.257 e. The number of nitrogens with zero attached hydrogens (tertiary/aromatic N) is 1. The SMILES string of the molecule is Cc1ccc(N=C(CCC(=O)NNc2ccc(Cl)cc2)C2=C(O)CNC2=O)cc1. The highest BCUT2D eigenvalue weighted by Crippen LogP contribution is 2.20. The molecule has 2 aromatic carbocycles. The Morgan fingerprint density at radius 2 is 1.83 bits per heavy atom. The molecule has 150 valence electrons. The minimum Gasteiger partial charge on any atom is -0.510 e. The van der Waals surface area contributed by atoms with Gasteiger partial charge in [0.15, 0.2) is 0 Å². The number of aliphatic hydroxyl groups is 1. The molecule has 0 bridgehead atoms. The molecule has 0 fully saturated rings. The first-order valence-electron chi connectivity index (χ1n) is 9.07. The van der Waals surface area contributed by atoms with Crippen molar-refractivity contribution in [3.63, 3.8) is 0 Å². The Morgan fingerprint density at radius 3 is 2.45 bits per heavy atom. The Balaban J connectivity index is 1.69. The number of carbonyl (C=O) groups is 2. The van der Waals surface area contributed by atoms with Crippen molar-refractivity contribution in [2.75, 3.05) is 12.0 Å². The van der Waals surface area contributed by atoms with Crippen molar-refractivity contribution in [3.8, 4) is 0 Å². The van der Waals surface area contributed by atoms with E-state index in [2.05, 4.69) is 21.2 Å². The van der Waals surface area contributed by atoms with Crippen molar-refractivity contribution in [1.29, 1.82) is 0 Å². The number of anilines is 1. The highest BCUT2D eigenvalue weighted by Gasteiger charge is 2.27. The van der Waals surface area contributed by atoms with Crippen molar-refractivity contribution in [3.05, 3.63) is 70.4 Å². The molecule has 0 saturated carbocycles. The van der Waals surface area contributed by atoms with Gasteiger partial charge in [0, 0.05) is 11.4 Å². The van der Waals surface area contributed by atoms with Gasteiger partial charge in [-0.05, 0) is 49.7 Å². The Morgan fingerprint density at radius 1 is 1.14 bits per heavy atom. The van der Waals surface area contributed by atoms with Crippen LogP contribution in [0.1, 0.15) is 18.4 Å². The molecule has 0 atom stereocenters. The zero-order valence-corrected chi connectivity index (χ0v) is 16.6. The van der Waals surface area contributed by atoms with Crippen molar-refractivity contribution < 1.29 is 14.7 Å². The summed E-state index contributed by atoms with van der Waals surface area (Å²) in [6.45, 7) is 2.02. The van der Waals surface area contributed by atoms with Crippen LogP contribution in [0.25, 0.3) is 0 Å². The molecule has 1 aliphatic rings. The third-order valence-electron chi connectivity index (χ3n) is 4.30. The van der Waals surface area contributed by atoms with Gasteiger partial charge in [-0.15, -0.1) is 0 Å². The minimum atomic E-state index is -0.395.